The Morgan fingerprint density at radius 3 is 3.00 bits per heavy atom. The summed E-state index contributed by atoms with van der Waals surface area (Å²) in [7, 11) is 0. The summed E-state index contributed by atoms with van der Waals surface area (Å²) in [6.07, 6.45) is 0. The summed E-state index contributed by atoms with van der Waals surface area (Å²) < 4.78 is 1.23. The molecule has 2 aromatic heterocycles. The van der Waals surface area contributed by atoms with Crippen LogP contribution in [0.1, 0.15) is 9.75 Å². The van der Waals surface area contributed by atoms with Crippen LogP contribution in [0.3, 0.4) is 0 Å². The second kappa shape index (κ2) is 4.47. The molecule has 17 heavy (non-hydrogen) atoms. The lowest BCUT2D eigenvalue weighted by Crippen LogP contribution is -1.96. The SMILES string of the molecule is Cc1ccc(CNc2ccc3ncsc3c2)s1. The molecule has 1 aromatic carbocycles. The predicted octanol–water partition coefficient (Wildman–Crippen LogP) is 4.28. The highest BCUT2D eigenvalue weighted by Gasteiger charge is 2.00. The Labute approximate surface area is 108 Å². The average Bonchev–Trinajstić information content (AvgIpc) is 2.94. The van der Waals surface area contributed by atoms with Gasteiger partial charge in [-0.3, -0.25) is 0 Å². The zero-order valence-corrected chi connectivity index (χ0v) is 11.1. The molecule has 0 aliphatic heterocycles. The Balaban J connectivity index is 1.76. The van der Waals surface area contributed by atoms with Gasteiger partial charge >= 0.3 is 0 Å². The molecule has 0 aliphatic carbocycles. The maximum Gasteiger partial charge on any atom is 0.0813 e. The van der Waals surface area contributed by atoms with E-state index in [1.807, 2.05) is 16.8 Å². The van der Waals surface area contributed by atoms with Crippen LogP contribution in [0.2, 0.25) is 0 Å². The van der Waals surface area contributed by atoms with Crippen molar-refractivity contribution in [2.75, 3.05) is 5.32 Å². The van der Waals surface area contributed by atoms with Gasteiger partial charge in [-0.05, 0) is 37.3 Å². The molecule has 0 atom stereocenters. The molecule has 2 nitrogen and oxygen atoms in total. The lowest BCUT2D eigenvalue weighted by atomic mass is 10.3. The molecular weight excluding hydrogens is 248 g/mol. The van der Waals surface area contributed by atoms with Crippen molar-refractivity contribution < 1.29 is 0 Å². The summed E-state index contributed by atoms with van der Waals surface area (Å²) in [5.74, 6) is 0. The van der Waals surface area contributed by atoms with Gasteiger partial charge in [0.05, 0.1) is 15.7 Å². The molecule has 0 saturated heterocycles. The maximum atomic E-state index is 4.27. The fourth-order valence-corrected chi connectivity index (χ4v) is 3.28. The van der Waals surface area contributed by atoms with Crippen LogP contribution in [0.4, 0.5) is 5.69 Å². The maximum absolute atomic E-state index is 4.27. The number of nitrogens with zero attached hydrogens (tertiary/aromatic N) is 1. The van der Waals surface area contributed by atoms with Crippen molar-refractivity contribution in [3.63, 3.8) is 0 Å². The second-order valence-electron chi connectivity index (χ2n) is 3.90. The van der Waals surface area contributed by atoms with Crippen molar-refractivity contribution in [3.8, 4) is 0 Å². The number of nitrogens with one attached hydrogen (secondary N) is 1. The first kappa shape index (κ1) is 10.7. The third-order valence-corrected chi connectivity index (χ3v) is 4.39. The van der Waals surface area contributed by atoms with Crippen LogP contribution in [0.25, 0.3) is 10.2 Å². The number of anilines is 1. The molecule has 0 unspecified atom stereocenters. The van der Waals surface area contributed by atoms with Gasteiger partial charge in [-0.1, -0.05) is 0 Å². The van der Waals surface area contributed by atoms with E-state index in [0.717, 1.165) is 17.7 Å². The van der Waals surface area contributed by atoms with Crippen LogP contribution in [0.5, 0.6) is 0 Å². The second-order valence-corrected chi connectivity index (χ2v) is 6.16. The van der Waals surface area contributed by atoms with E-state index in [1.165, 1.54) is 14.5 Å². The van der Waals surface area contributed by atoms with Crippen LogP contribution >= 0.6 is 22.7 Å². The Morgan fingerprint density at radius 1 is 1.24 bits per heavy atom. The molecule has 3 rings (SSSR count). The standard InChI is InChI=1S/C13H12N2S2/c1-9-2-4-11(17-9)7-14-10-3-5-12-13(6-10)16-8-15-12/h2-6,8,14H,7H2,1H3. The summed E-state index contributed by atoms with van der Waals surface area (Å²) in [5, 5.41) is 3.45. The Bertz CT molecular complexity index is 639. The number of thiazole rings is 1. The van der Waals surface area contributed by atoms with E-state index in [-0.39, 0.29) is 0 Å². The number of thiophene rings is 1. The van der Waals surface area contributed by atoms with Crippen molar-refractivity contribution >= 4 is 38.6 Å². The summed E-state index contributed by atoms with van der Waals surface area (Å²) in [4.78, 5) is 7.00. The van der Waals surface area contributed by atoms with Gasteiger partial charge in [0.25, 0.3) is 0 Å². The highest BCUT2D eigenvalue weighted by Crippen LogP contribution is 2.23. The smallest absolute Gasteiger partial charge is 0.0813 e. The quantitative estimate of drug-likeness (QED) is 0.760. The fourth-order valence-electron chi connectivity index (χ4n) is 1.73. The van der Waals surface area contributed by atoms with Crippen molar-refractivity contribution in [1.82, 2.24) is 4.98 Å². The predicted molar refractivity (Wildman–Crippen MR) is 76.0 cm³/mol. The van der Waals surface area contributed by atoms with Gasteiger partial charge in [-0.25, -0.2) is 4.98 Å². The highest BCUT2D eigenvalue weighted by atomic mass is 32.1. The van der Waals surface area contributed by atoms with Crippen molar-refractivity contribution in [2.45, 2.75) is 13.5 Å². The van der Waals surface area contributed by atoms with Crippen molar-refractivity contribution in [3.05, 3.63) is 45.6 Å². The first-order valence-corrected chi connectivity index (χ1v) is 7.13. The molecule has 0 fully saturated rings. The van der Waals surface area contributed by atoms with E-state index in [9.17, 15) is 0 Å². The summed E-state index contributed by atoms with van der Waals surface area (Å²) in [6.45, 7) is 3.03. The minimum Gasteiger partial charge on any atom is -0.380 e. The van der Waals surface area contributed by atoms with Crippen molar-refractivity contribution in [2.24, 2.45) is 0 Å². The summed E-state index contributed by atoms with van der Waals surface area (Å²) >= 11 is 3.52. The number of aromatic nitrogens is 1. The van der Waals surface area contributed by atoms with Gasteiger partial charge in [0.15, 0.2) is 0 Å². The third kappa shape index (κ3) is 2.33. The van der Waals surface area contributed by atoms with Gasteiger partial charge in [-0.15, -0.1) is 22.7 Å². The monoisotopic (exact) mass is 260 g/mol. The number of benzene rings is 1. The molecule has 0 amide bonds. The van der Waals surface area contributed by atoms with Gasteiger partial charge in [0, 0.05) is 22.0 Å². The van der Waals surface area contributed by atoms with Gasteiger partial charge in [-0.2, -0.15) is 0 Å². The van der Waals surface area contributed by atoms with E-state index in [0.29, 0.717) is 0 Å². The Morgan fingerprint density at radius 2 is 2.18 bits per heavy atom. The first-order valence-electron chi connectivity index (χ1n) is 5.44. The lowest BCUT2D eigenvalue weighted by molar-refractivity contribution is 1.20. The Kier molecular flexibility index (Phi) is 2.82. The van der Waals surface area contributed by atoms with Crippen LogP contribution in [0.15, 0.2) is 35.8 Å². The molecule has 2 heterocycles. The van der Waals surface area contributed by atoms with E-state index < -0.39 is 0 Å². The van der Waals surface area contributed by atoms with Gasteiger partial charge in [0.1, 0.15) is 0 Å². The molecule has 0 saturated carbocycles. The third-order valence-electron chi connectivity index (χ3n) is 2.59. The zero-order valence-electron chi connectivity index (χ0n) is 9.43. The average molecular weight is 260 g/mol. The normalized spacial score (nSPS) is 10.9. The van der Waals surface area contributed by atoms with E-state index >= 15 is 0 Å². The van der Waals surface area contributed by atoms with Gasteiger partial charge in [0.2, 0.25) is 0 Å². The molecule has 0 spiro atoms. The number of hydrogen-bond donors (Lipinski definition) is 1. The van der Waals surface area contributed by atoms with E-state index in [1.54, 1.807) is 11.3 Å². The van der Waals surface area contributed by atoms with Crippen LogP contribution in [-0.4, -0.2) is 4.98 Å². The first-order chi connectivity index (χ1) is 8.31. The summed E-state index contributed by atoms with van der Waals surface area (Å²) in [5.41, 5.74) is 4.12. The fraction of sp³-hybridized carbons (Fsp3) is 0.154. The van der Waals surface area contributed by atoms with Gasteiger partial charge < -0.3 is 5.32 Å². The molecule has 0 aliphatic rings. The number of fused-ring (bicyclic) bond motifs is 1. The molecule has 1 N–H and O–H groups in total. The lowest BCUT2D eigenvalue weighted by Gasteiger charge is -2.04. The Hall–Kier alpha value is -1.39. The zero-order chi connectivity index (χ0) is 11.7. The van der Waals surface area contributed by atoms with Crippen LogP contribution in [-0.2, 0) is 6.54 Å². The minimum absolute atomic E-state index is 0.892. The number of rotatable bonds is 3. The highest BCUT2D eigenvalue weighted by molar-refractivity contribution is 7.16. The summed E-state index contributed by atoms with van der Waals surface area (Å²) in [6, 6.07) is 10.6. The molecule has 0 bridgehead atoms. The topological polar surface area (TPSA) is 24.9 Å². The van der Waals surface area contributed by atoms with Crippen LogP contribution < -0.4 is 5.32 Å². The number of hydrogen-bond acceptors (Lipinski definition) is 4. The molecule has 0 radical (unpaired) electrons. The van der Waals surface area contributed by atoms with E-state index in [2.05, 4.69) is 47.6 Å². The van der Waals surface area contributed by atoms with Crippen LogP contribution in [0, 0.1) is 6.92 Å². The van der Waals surface area contributed by atoms with Crippen molar-refractivity contribution in [1.29, 1.82) is 0 Å². The largest absolute Gasteiger partial charge is 0.380 e. The molecule has 3 aromatic rings. The van der Waals surface area contributed by atoms with E-state index in [4.69, 9.17) is 0 Å². The number of aryl methyl sites for hydroxylation is 1. The minimum atomic E-state index is 0.892. The molecule has 4 heteroatoms. The molecular formula is C13H12N2S2. The molecule has 86 valence electrons.